The van der Waals surface area contributed by atoms with Gasteiger partial charge in [0.1, 0.15) is 18.1 Å². The lowest BCUT2D eigenvalue weighted by atomic mass is 9.74. The molecule has 296 valence electrons. The van der Waals surface area contributed by atoms with Gasteiger partial charge in [0.2, 0.25) is 5.91 Å². The number of esters is 1. The zero-order valence-electron chi connectivity index (χ0n) is 34.3. The van der Waals surface area contributed by atoms with E-state index in [1.54, 1.807) is 27.7 Å². The highest BCUT2D eigenvalue weighted by Gasteiger charge is 2.51. The number of likely N-dealkylation sites (tertiary alicyclic amines) is 1. The molecule has 0 unspecified atom stereocenters. The number of aliphatic hydroxyl groups is 2. The summed E-state index contributed by atoms with van der Waals surface area (Å²) in [5.41, 5.74) is -3.20. The Kier molecular flexibility index (Phi) is 14.8. The van der Waals surface area contributed by atoms with Crippen LogP contribution in [0.15, 0.2) is 0 Å². The Morgan fingerprint density at radius 2 is 1.69 bits per heavy atom. The van der Waals surface area contributed by atoms with Crippen LogP contribution in [0.1, 0.15) is 88.5 Å². The van der Waals surface area contributed by atoms with E-state index in [0.717, 1.165) is 13.1 Å². The van der Waals surface area contributed by atoms with Gasteiger partial charge >= 0.3 is 5.97 Å². The lowest BCUT2D eigenvalue weighted by Crippen LogP contribution is -2.60. The molecule has 1 amide bonds. The van der Waals surface area contributed by atoms with E-state index in [-0.39, 0.29) is 48.0 Å². The van der Waals surface area contributed by atoms with E-state index in [0.29, 0.717) is 44.8 Å². The first-order chi connectivity index (χ1) is 23.4. The summed E-state index contributed by atoms with van der Waals surface area (Å²) in [7, 11) is 7.87. The maximum atomic E-state index is 14.2. The summed E-state index contributed by atoms with van der Waals surface area (Å²) in [5, 5.41) is 23.4. The number of amides is 1. The van der Waals surface area contributed by atoms with Gasteiger partial charge in [0.15, 0.2) is 12.1 Å². The Morgan fingerprint density at radius 3 is 2.25 bits per heavy atom. The van der Waals surface area contributed by atoms with Crippen molar-refractivity contribution in [1.29, 1.82) is 0 Å². The summed E-state index contributed by atoms with van der Waals surface area (Å²) in [6.45, 7) is 22.7. The molecule has 12 nitrogen and oxygen atoms in total. The van der Waals surface area contributed by atoms with Gasteiger partial charge in [-0.05, 0) is 86.0 Å². The second kappa shape index (κ2) is 17.2. The van der Waals surface area contributed by atoms with Gasteiger partial charge < -0.3 is 39.1 Å². The lowest BCUT2D eigenvalue weighted by Gasteiger charge is -2.47. The molecule has 0 radical (unpaired) electrons. The number of likely N-dealkylation sites (N-methyl/N-ethyl adjacent to an activating group) is 2. The molecule has 3 aliphatic rings. The maximum absolute atomic E-state index is 14.2. The first-order valence-electron chi connectivity index (χ1n) is 19.1. The summed E-state index contributed by atoms with van der Waals surface area (Å²) in [4.78, 5) is 49.5. The van der Waals surface area contributed by atoms with Gasteiger partial charge in [0.25, 0.3) is 0 Å². The van der Waals surface area contributed by atoms with Gasteiger partial charge in [-0.15, -0.1) is 0 Å². The van der Waals surface area contributed by atoms with Crippen LogP contribution in [0.2, 0.25) is 0 Å². The van der Waals surface area contributed by atoms with Crippen molar-refractivity contribution in [2.75, 3.05) is 67.5 Å². The van der Waals surface area contributed by atoms with E-state index < -0.39 is 47.2 Å². The number of hydrogen-bond acceptors (Lipinski definition) is 11. The second-order valence-corrected chi connectivity index (χ2v) is 18.7. The fourth-order valence-corrected chi connectivity index (χ4v) is 8.84. The molecule has 12 heteroatoms. The van der Waals surface area contributed by atoms with Gasteiger partial charge in [0, 0.05) is 63.1 Å². The molecule has 51 heavy (non-hydrogen) atoms. The molecule has 2 N–H and O–H groups in total. The first-order valence-corrected chi connectivity index (χ1v) is 19.1. The minimum atomic E-state index is -1.53. The van der Waals surface area contributed by atoms with Crippen molar-refractivity contribution in [2.24, 2.45) is 34.5 Å². The monoisotopic (exact) mass is 725 g/mol. The summed E-state index contributed by atoms with van der Waals surface area (Å²) in [6, 6.07) is -0.414. The van der Waals surface area contributed by atoms with Crippen LogP contribution >= 0.6 is 0 Å². The average Bonchev–Trinajstić information content (AvgIpc) is 2.94. The predicted octanol–water partition coefficient (Wildman–Crippen LogP) is 3.13. The number of nitrogens with zero attached hydrogens (tertiary/aromatic N) is 4. The van der Waals surface area contributed by atoms with E-state index in [9.17, 15) is 24.6 Å². The molecule has 0 aliphatic carbocycles. The van der Waals surface area contributed by atoms with Crippen LogP contribution in [0.3, 0.4) is 0 Å². The molecule has 0 bridgehead atoms. The van der Waals surface area contributed by atoms with Gasteiger partial charge in [0.05, 0.1) is 17.8 Å². The molecule has 0 aromatic carbocycles. The van der Waals surface area contributed by atoms with Crippen molar-refractivity contribution in [2.45, 2.75) is 131 Å². The highest BCUT2D eigenvalue weighted by molar-refractivity contribution is 6.04. The third-order valence-corrected chi connectivity index (χ3v) is 11.3. The van der Waals surface area contributed by atoms with Crippen LogP contribution in [0, 0.1) is 34.5 Å². The zero-order chi connectivity index (χ0) is 38.8. The van der Waals surface area contributed by atoms with E-state index in [4.69, 9.17) is 14.2 Å². The fourth-order valence-electron chi connectivity index (χ4n) is 8.84. The highest BCUT2D eigenvalue weighted by atomic mass is 16.7. The predicted molar refractivity (Wildman–Crippen MR) is 198 cm³/mol. The van der Waals surface area contributed by atoms with Crippen molar-refractivity contribution in [1.82, 2.24) is 19.6 Å². The summed E-state index contributed by atoms with van der Waals surface area (Å²) in [6.07, 6.45) is -2.01. The number of carbonyl (C=O) groups is 3. The molecular formula is C39H72N4O8. The lowest BCUT2D eigenvalue weighted by molar-refractivity contribution is -0.293. The number of Topliss-reactive ketones (excluding diaryl/α,β-unsaturated/α-hetero) is 1. The van der Waals surface area contributed by atoms with Gasteiger partial charge in [-0.25, -0.2) is 0 Å². The molecule has 3 rings (SSSR count). The Balaban J connectivity index is 1.80. The quantitative estimate of drug-likeness (QED) is 0.255. The van der Waals surface area contributed by atoms with Gasteiger partial charge in [-0.2, -0.15) is 0 Å². The summed E-state index contributed by atoms with van der Waals surface area (Å²) < 4.78 is 18.4. The molecule has 3 fully saturated rings. The van der Waals surface area contributed by atoms with Crippen molar-refractivity contribution >= 4 is 17.7 Å². The largest absolute Gasteiger partial charge is 0.463 e. The Labute approximate surface area is 308 Å². The Bertz CT molecular complexity index is 1190. The molecule has 3 aliphatic heterocycles. The van der Waals surface area contributed by atoms with E-state index in [1.165, 1.54) is 0 Å². The van der Waals surface area contributed by atoms with E-state index in [1.807, 2.05) is 44.8 Å². The van der Waals surface area contributed by atoms with Crippen molar-refractivity contribution < 1.29 is 38.8 Å². The number of rotatable bonds is 10. The normalized spacial score (nSPS) is 35.3. The number of carbonyl (C=O) groups excluding carboxylic acids is 3. The number of aliphatic hydroxyl groups excluding tert-OH is 1. The highest BCUT2D eigenvalue weighted by Crippen LogP contribution is 2.37. The topological polar surface area (TPSA) is 132 Å². The Hall–Kier alpha value is -1.67. The fraction of sp³-hybridized carbons (Fsp3) is 0.923. The van der Waals surface area contributed by atoms with Crippen LogP contribution < -0.4 is 0 Å². The number of cyclic esters (lactones) is 1. The molecule has 3 heterocycles. The minimum Gasteiger partial charge on any atom is -0.463 e. The third-order valence-electron chi connectivity index (χ3n) is 11.3. The van der Waals surface area contributed by atoms with Crippen LogP contribution in [-0.2, 0) is 28.6 Å². The van der Waals surface area contributed by atoms with Crippen LogP contribution in [0.25, 0.3) is 0 Å². The summed E-state index contributed by atoms with van der Waals surface area (Å²) in [5.74, 6) is -1.25. The van der Waals surface area contributed by atoms with Crippen LogP contribution in [0.4, 0.5) is 0 Å². The molecular weight excluding hydrogens is 652 g/mol. The van der Waals surface area contributed by atoms with Crippen LogP contribution in [0.5, 0.6) is 0 Å². The molecule has 0 saturated carbocycles. The molecule has 0 spiro atoms. The molecule has 9 atom stereocenters. The number of ether oxygens (including phenoxy) is 3. The molecule has 3 saturated heterocycles. The average molecular weight is 725 g/mol. The minimum absolute atomic E-state index is 0.0440. The zero-order valence-corrected chi connectivity index (χ0v) is 34.3. The van der Waals surface area contributed by atoms with Gasteiger partial charge in [-0.3, -0.25) is 19.3 Å². The number of ketones is 1. The summed E-state index contributed by atoms with van der Waals surface area (Å²) >= 11 is 0. The number of hydrogen-bond donors (Lipinski definition) is 2. The van der Waals surface area contributed by atoms with E-state index >= 15 is 0 Å². The molecule has 0 aromatic heterocycles. The van der Waals surface area contributed by atoms with Crippen molar-refractivity contribution in [3.05, 3.63) is 0 Å². The SMILES string of the molecule is CC(C)CN(C)CC(C)(C)CC(=O)N1CC([C@@H]2COC(=O)C(C)(C)C(=O)[C@H](C)[C@@H](O[C@@H]3O[C@H](C)C[C@H](N(C)C)[C@H]3O)[C@](C)(O)C[C@@H](C)CN2C)C1. The standard InChI is InChI=1S/C39H72N4O8/c1-24(2)18-41(13)23-37(6,7)17-31(44)43-20-28(21-43)30-22-49-36(47)38(8,9)33(46)27(5)34(39(10,48)16-25(3)19-42(30)14)51-35-32(45)29(40(11)12)15-26(4)50-35/h24-30,32,34-35,45,48H,15-23H2,1-14H3/t25-,26-,27+,29+,30+,32-,34-,35+,39-/m1/s1. The van der Waals surface area contributed by atoms with Crippen LogP contribution in [-0.4, -0.2) is 157 Å². The van der Waals surface area contributed by atoms with E-state index in [2.05, 4.69) is 44.5 Å². The van der Waals surface area contributed by atoms with Crippen molar-refractivity contribution in [3.63, 3.8) is 0 Å². The Morgan fingerprint density at radius 1 is 1.08 bits per heavy atom. The second-order valence-electron chi connectivity index (χ2n) is 18.7. The van der Waals surface area contributed by atoms with Gasteiger partial charge in [-0.1, -0.05) is 41.5 Å². The maximum Gasteiger partial charge on any atom is 0.319 e. The first kappa shape index (κ1) is 43.7. The third kappa shape index (κ3) is 11.2. The molecule has 0 aromatic rings. The smallest absolute Gasteiger partial charge is 0.319 e. The van der Waals surface area contributed by atoms with Crippen molar-refractivity contribution in [3.8, 4) is 0 Å².